The van der Waals surface area contributed by atoms with Crippen LogP contribution in [0.4, 0.5) is 0 Å². The van der Waals surface area contributed by atoms with Crippen LogP contribution in [0, 0.1) is 13.8 Å². The van der Waals surface area contributed by atoms with Gasteiger partial charge in [-0.05, 0) is 45.2 Å². The van der Waals surface area contributed by atoms with Gasteiger partial charge < -0.3 is 5.32 Å². The summed E-state index contributed by atoms with van der Waals surface area (Å²) < 4.78 is 0. The van der Waals surface area contributed by atoms with Crippen LogP contribution in [0.15, 0.2) is 18.2 Å². The van der Waals surface area contributed by atoms with Crippen molar-refractivity contribution < 1.29 is 0 Å². The second-order valence-corrected chi connectivity index (χ2v) is 5.65. The molecule has 1 aromatic rings. The van der Waals surface area contributed by atoms with E-state index < -0.39 is 0 Å². The van der Waals surface area contributed by atoms with Crippen molar-refractivity contribution in [3.05, 3.63) is 34.9 Å². The Bertz CT molecular complexity index is 357. The summed E-state index contributed by atoms with van der Waals surface area (Å²) >= 11 is 0. The van der Waals surface area contributed by atoms with Crippen LogP contribution < -0.4 is 5.32 Å². The van der Waals surface area contributed by atoms with Crippen LogP contribution in [0.5, 0.6) is 0 Å². The van der Waals surface area contributed by atoms with Crippen LogP contribution in [0.2, 0.25) is 0 Å². The molecule has 0 saturated heterocycles. The maximum absolute atomic E-state index is 3.72. The van der Waals surface area contributed by atoms with Crippen LogP contribution >= 0.6 is 0 Å². The third-order valence-electron chi connectivity index (χ3n) is 3.67. The maximum Gasteiger partial charge on any atom is 0.0296 e. The van der Waals surface area contributed by atoms with Crippen molar-refractivity contribution in [1.29, 1.82) is 0 Å². The topological polar surface area (TPSA) is 12.0 Å². The standard InChI is InChI=1S/C17H29N/c1-6-7-8-9-15(4)18-16(5)17-11-10-13(2)12-14(17)3/h10-12,15-16,18H,6-9H2,1-5H3. The molecule has 0 amide bonds. The van der Waals surface area contributed by atoms with Gasteiger partial charge in [-0.15, -0.1) is 0 Å². The minimum atomic E-state index is 0.447. The fourth-order valence-electron chi connectivity index (χ4n) is 2.61. The molecule has 0 aliphatic rings. The van der Waals surface area contributed by atoms with Gasteiger partial charge in [-0.3, -0.25) is 0 Å². The van der Waals surface area contributed by atoms with Gasteiger partial charge in [0.2, 0.25) is 0 Å². The predicted molar refractivity (Wildman–Crippen MR) is 81.1 cm³/mol. The summed E-state index contributed by atoms with van der Waals surface area (Å²) in [5, 5.41) is 3.72. The van der Waals surface area contributed by atoms with Crippen LogP contribution in [-0.4, -0.2) is 6.04 Å². The second-order valence-electron chi connectivity index (χ2n) is 5.65. The predicted octanol–water partition coefficient (Wildman–Crippen LogP) is 4.92. The van der Waals surface area contributed by atoms with E-state index >= 15 is 0 Å². The highest BCUT2D eigenvalue weighted by Crippen LogP contribution is 2.19. The molecular formula is C17H29N. The monoisotopic (exact) mass is 247 g/mol. The lowest BCUT2D eigenvalue weighted by atomic mass is 9.99. The Morgan fingerprint density at radius 1 is 1.11 bits per heavy atom. The SMILES string of the molecule is CCCCCC(C)NC(C)c1ccc(C)cc1C. The van der Waals surface area contributed by atoms with Crippen molar-refractivity contribution in [2.45, 2.75) is 72.4 Å². The van der Waals surface area contributed by atoms with Crippen LogP contribution in [0.25, 0.3) is 0 Å². The lowest BCUT2D eigenvalue weighted by Crippen LogP contribution is -2.29. The first-order chi connectivity index (χ1) is 8.54. The van der Waals surface area contributed by atoms with Gasteiger partial charge >= 0.3 is 0 Å². The fraction of sp³-hybridized carbons (Fsp3) is 0.647. The number of benzene rings is 1. The van der Waals surface area contributed by atoms with Crippen molar-refractivity contribution >= 4 is 0 Å². The first kappa shape index (κ1) is 15.2. The van der Waals surface area contributed by atoms with E-state index in [1.54, 1.807) is 0 Å². The average molecular weight is 247 g/mol. The molecule has 0 aromatic heterocycles. The van der Waals surface area contributed by atoms with Gasteiger partial charge in [0.05, 0.1) is 0 Å². The summed E-state index contributed by atoms with van der Waals surface area (Å²) in [5.41, 5.74) is 4.18. The lowest BCUT2D eigenvalue weighted by Gasteiger charge is -2.22. The van der Waals surface area contributed by atoms with Gasteiger partial charge in [-0.25, -0.2) is 0 Å². The molecule has 1 N–H and O–H groups in total. The Labute approximate surface area is 113 Å². The molecule has 0 aliphatic heterocycles. The largest absolute Gasteiger partial charge is 0.308 e. The number of hydrogen-bond donors (Lipinski definition) is 1. The van der Waals surface area contributed by atoms with Crippen molar-refractivity contribution in [2.75, 3.05) is 0 Å². The number of rotatable bonds is 7. The Morgan fingerprint density at radius 2 is 1.83 bits per heavy atom. The van der Waals surface area contributed by atoms with E-state index in [2.05, 4.69) is 58.1 Å². The van der Waals surface area contributed by atoms with Crippen molar-refractivity contribution in [2.24, 2.45) is 0 Å². The van der Waals surface area contributed by atoms with E-state index in [1.807, 2.05) is 0 Å². The maximum atomic E-state index is 3.72. The van der Waals surface area contributed by atoms with Crippen LogP contribution in [-0.2, 0) is 0 Å². The molecule has 0 heterocycles. The van der Waals surface area contributed by atoms with E-state index in [0.29, 0.717) is 12.1 Å². The third kappa shape index (κ3) is 4.81. The smallest absolute Gasteiger partial charge is 0.0296 e. The highest BCUT2D eigenvalue weighted by molar-refractivity contribution is 5.32. The van der Waals surface area contributed by atoms with Gasteiger partial charge in [-0.1, -0.05) is 49.9 Å². The average Bonchev–Trinajstić information content (AvgIpc) is 2.28. The molecule has 1 heteroatoms. The van der Waals surface area contributed by atoms with Crippen LogP contribution in [0.1, 0.15) is 69.2 Å². The second kappa shape index (κ2) is 7.58. The number of aryl methyl sites for hydroxylation is 2. The van der Waals surface area contributed by atoms with E-state index in [4.69, 9.17) is 0 Å². The van der Waals surface area contributed by atoms with Crippen molar-refractivity contribution in [3.8, 4) is 0 Å². The summed E-state index contributed by atoms with van der Waals surface area (Å²) in [6.45, 7) is 11.2. The normalized spacial score (nSPS) is 14.5. The molecule has 1 rings (SSSR count). The van der Waals surface area contributed by atoms with Gasteiger partial charge in [0.1, 0.15) is 0 Å². The molecule has 0 saturated carbocycles. The molecule has 102 valence electrons. The molecule has 0 bridgehead atoms. The summed E-state index contributed by atoms with van der Waals surface area (Å²) in [6.07, 6.45) is 5.27. The number of unbranched alkanes of at least 4 members (excludes halogenated alkanes) is 2. The summed E-state index contributed by atoms with van der Waals surface area (Å²) in [4.78, 5) is 0. The first-order valence-electron chi connectivity index (χ1n) is 7.37. The zero-order chi connectivity index (χ0) is 13.5. The number of hydrogen-bond acceptors (Lipinski definition) is 1. The fourth-order valence-corrected chi connectivity index (χ4v) is 2.61. The van der Waals surface area contributed by atoms with Gasteiger partial charge in [0.15, 0.2) is 0 Å². The van der Waals surface area contributed by atoms with E-state index in [0.717, 1.165) is 0 Å². The molecule has 2 atom stereocenters. The molecule has 0 aliphatic carbocycles. The molecule has 0 fully saturated rings. The van der Waals surface area contributed by atoms with Crippen molar-refractivity contribution in [1.82, 2.24) is 5.32 Å². The Hall–Kier alpha value is -0.820. The first-order valence-corrected chi connectivity index (χ1v) is 7.37. The van der Waals surface area contributed by atoms with E-state index in [-0.39, 0.29) is 0 Å². The summed E-state index contributed by atoms with van der Waals surface area (Å²) in [5.74, 6) is 0. The highest BCUT2D eigenvalue weighted by atomic mass is 14.9. The van der Waals surface area contributed by atoms with Gasteiger partial charge in [0.25, 0.3) is 0 Å². The van der Waals surface area contributed by atoms with Gasteiger partial charge in [-0.2, -0.15) is 0 Å². The lowest BCUT2D eigenvalue weighted by molar-refractivity contribution is 0.439. The minimum absolute atomic E-state index is 0.447. The number of nitrogens with one attached hydrogen (secondary N) is 1. The molecule has 18 heavy (non-hydrogen) atoms. The highest BCUT2D eigenvalue weighted by Gasteiger charge is 2.11. The quantitative estimate of drug-likeness (QED) is 0.674. The molecular weight excluding hydrogens is 218 g/mol. The molecule has 2 unspecified atom stereocenters. The summed E-state index contributed by atoms with van der Waals surface area (Å²) in [6, 6.07) is 7.80. The molecule has 0 spiro atoms. The molecule has 1 nitrogen and oxygen atoms in total. The Morgan fingerprint density at radius 3 is 2.44 bits per heavy atom. The minimum Gasteiger partial charge on any atom is -0.308 e. The van der Waals surface area contributed by atoms with Gasteiger partial charge in [0, 0.05) is 12.1 Å². The zero-order valence-corrected chi connectivity index (χ0v) is 12.7. The van der Waals surface area contributed by atoms with Crippen molar-refractivity contribution in [3.63, 3.8) is 0 Å². The van der Waals surface area contributed by atoms with E-state index in [1.165, 1.54) is 42.4 Å². The third-order valence-corrected chi connectivity index (χ3v) is 3.67. The zero-order valence-electron chi connectivity index (χ0n) is 12.7. The van der Waals surface area contributed by atoms with E-state index in [9.17, 15) is 0 Å². The Balaban J connectivity index is 2.51. The molecule has 1 aromatic carbocycles. The summed E-state index contributed by atoms with van der Waals surface area (Å²) in [7, 11) is 0. The van der Waals surface area contributed by atoms with Crippen LogP contribution in [0.3, 0.4) is 0 Å². The molecule has 0 radical (unpaired) electrons. The Kier molecular flexibility index (Phi) is 6.42.